The smallest absolute Gasteiger partial charge is 0.238 e. The number of ketones is 1. The Bertz CT molecular complexity index is 756. The van der Waals surface area contributed by atoms with Gasteiger partial charge in [-0.2, -0.15) is 0 Å². The molecule has 4 rings (SSSR count). The van der Waals surface area contributed by atoms with Crippen molar-refractivity contribution in [1.82, 2.24) is 10.2 Å². The summed E-state index contributed by atoms with van der Waals surface area (Å²) in [7, 11) is 1.73. The number of hydrogen-bond acceptors (Lipinski definition) is 5. The zero-order chi connectivity index (χ0) is 20.5. The summed E-state index contributed by atoms with van der Waals surface area (Å²) in [4.78, 5) is 27.7. The molecule has 3 fully saturated rings. The molecule has 6 unspecified atom stereocenters. The summed E-state index contributed by atoms with van der Waals surface area (Å²) in [6, 6.07) is 6.17. The number of anilines is 1. The van der Waals surface area contributed by atoms with Crippen LogP contribution in [0.5, 0.6) is 0 Å². The van der Waals surface area contributed by atoms with Crippen LogP contribution in [0.4, 0.5) is 10.1 Å². The van der Waals surface area contributed by atoms with Gasteiger partial charge in [-0.25, -0.2) is 4.39 Å². The van der Waals surface area contributed by atoms with Crippen LogP contribution < -0.4 is 10.6 Å². The van der Waals surface area contributed by atoms with E-state index in [-0.39, 0.29) is 48.3 Å². The van der Waals surface area contributed by atoms with Gasteiger partial charge in [0.25, 0.3) is 0 Å². The molecule has 158 valence electrons. The first-order valence-corrected chi connectivity index (χ1v) is 10.5. The minimum atomic E-state index is -0.334. The average molecular weight is 403 g/mol. The second-order valence-electron chi connectivity index (χ2n) is 8.80. The van der Waals surface area contributed by atoms with Gasteiger partial charge in [0.1, 0.15) is 11.6 Å². The number of fused-ring (bicyclic) bond motifs is 2. The maximum absolute atomic E-state index is 13.3. The van der Waals surface area contributed by atoms with Crippen LogP contribution in [0.2, 0.25) is 0 Å². The molecule has 0 bridgehead atoms. The summed E-state index contributed by atoms with van der Waals surface area (Å²) in [5.74, 6) is 0.192. The predicted molar refractivity (Wildman–Crippen MR) is 108 cm³/mol. The molecule has 2 heterocycles. The highest BCUT2D eigenvalue weighted by atomic mass is 19.1. The van der Waals surface area contributed by atoms with Crippen LogP contribution in [-0.2, 0) is 14.3 Å². The van der Waals surface area contributed by atoms with Gasteiger partial charge in [0.2, 0.25) is 5.91 Å². The summed E-state index contributed by atoms with van der Waals surface area (Å²) >= 11 is 0. The molecule has 1 aromatic rings. The number of methoxy groups -OCH3 is 1. The summed E-state index contributed by atoms with van der Waals surface area (Å²) < 4.78 is 18.6. The molecule has 0 spiro atoms. The van der Waals surface area contributed by atoms with E-state index in [4.69, 9.17) is 4.74 Å². The highest BCUT2D eigenvalue weighted by Gasteiger charge is 2.49. The second-order valence-corrected chi connectivity index (χ2v) is 8.80. The molecule has 2 aliphatic heterocycles. The Hall–Kier alpha value is -1.83. The van der Waals surface area contributed by atoms with Gasteiger partial charge in [0, 0.05) is 49.8 Å². The maximum Gasteiger partial charge on any atom is 0.238 e. The lowest BCUT2D eigenvalue weighted by Gasteiger charge is -2.51. The van der Waals surface area contributed by atoms with Crippen LogP contribution in [-0.4, -0.2) is 61.5 Å². The van der Waals surface area contributed by atoms with E-state index in [1.54, 1.807) is 19.2 Å². The zero-order valence-electron chi connectivity index (χ0n) is 17.1. The number of Topliss-reactive ketones (excluding diaryl/α,β-unsaturated/α-hetero) is 1. The van der Waals surface area contributed by atoms with E-state index in [1.807, 2.05) is 0 Å². The Morgan fingerprint density at radius 1 is 1.28 bits per heavy atom. The van der Waals surface area contributed by atoms with Crippen LogP contribution >= 0.6 is 0 Å². The summed E-state index contributed by atoms with van der Waals surface area (Å²) in [6.07, 6.45) is 2.79. The van der Waals surface area contributed by atoms with Crippen molar-refractivity contribution in [3.05, 3.63) is 30.1 Å². The second kappa shape index (κ2) is 8.50. The Balaban J connectivity index is 1.36. The van der Waals surface area contributed by atoms with Crippen molar-refractivity contribution < 1.29 is 18.7 Å². The van der Waals surface area contributed by atoms with E-state index in [0.717, 1.165) is 25.8 Å². The summed E-state index contributed by atoms with van der Waals surface area (Å²) in [6.45, 7) is 3.82. The van der Waals surface area contributed by atoms with E-state index in [0.29, 0.717) is 23.9 Å². The predicted octanol–water partition coefficient (Wildman–Crippen LogP) is 2.06. The number of amides is 1. The van der Waals surface area contributed by atoms with Gasteiger partial charge < -0.3 is 15.4 Å². The molecule has 2 N–H and O–H groups in total. The van der Waals surface area contributed by atoms with Gasteiger partial charge in [-0.15, -0.1) is 0 Å². The third-order valence-corrected chi connectivity index (χ3v) is 6.86. The lowest BCUT2D eigenvalue weighted by molar-refractivity contribution is -0.140. The molecule has 6 nitrogen and oxygen atoms in total. The molecule has 1 amide bonds. The van der Waals surface area contributed by atoms with E-state index in [1.165, 1.54) is 12.1 Å². The molecule has 6 atom stereocenters. The molecule has 1 saturated carbocycles. The molecule has 7 heteroatoms. The van der Waals surface area contributed by atoms with Crippen LogP contribution in [0.3, 0.4) is 0 Å². The Morgan fingerprint density at radius 3 is 2.76 bits per heavy atom. The number of ether oxygens (including phenoxy) is 1. The summed E-state index contributed by atoms with van der Waals surface area (Å²) in [5.41, 5.74) is 0.575. The Kier molecular flexibility index (Phi) is 5.99. The van der Waals surface area contributed by atoms with Crippen molar-refractivity contribution >= 4 is 17.4 Å². The Morgan fingerprint density at radius 2 is 2.03 bits per heavy atom. The molecule has 0 radical (unpaired) electrons. The van der Waals surface area contributed by atoms with Crippen molar-refractivity contribution in [2.75, 3.05) is 32.1 Å². The minimum absolute atomic E-state index is 0.00191. The maximum atomic E-state index is 13.3. The fraction of sp³-hybridized carbons (Fsp3) is 0.636. The SMILES string of the molecule is COC1CC(C)C2NC3CCN(CC(=O)Nc4ccc(F)cc4)CC3C(=O)C2C1. The highest BCUT2D eigenvalue weighted by Crippen LogP contribution is 2.38. The van der Waals surface area contributed by atoms with Gasteiger partial charge in [-0.05, 0) is 49.4 Å². The van der Waals surface area contributed by atoms with E-state index in [9.17, 15) is 14.0 Å². The lowest BCUT2D eigenvalue weighted by Crippen LogP contribution is -2.66. The van der Waals surface area contributed by atoms with Crippen LogP contribution in [0, 0.1) is 23.6 Å². The minimum Gasteiger partial charge on any atom is -0.381 e. The largest absolute Gasteiger partial charge is 0.381 e. The van der Waals surface area contributed by atoms with Crippen LogP contribution in [0.1, 0.15) is 26.2 Å². The first kappa shape index (κ1) is 20.4. The van der Waals surface area contributed by atoms with E-state index < -0.39 is 0 Å². The summed E-state index contributed by atoms with van der Waals surface area (Å²) in [5, 5.41) is 6.56. The fourth-order valence-electron chi connectivity index (χ4n) is 5.36. The number of rotatable bonds is 4. The van der Waals surface area contributed by atoms with Crippen molar-refractivity contribution in [3.63, 3.8) is 0 Å². The number of hydrogen-bond donors (Lipinski definition) is 2. The highest BCUT2D eigenvalue weighted by molar-refractivity contribution is 5.92. The first-order valence-electron chi connectivity index (χ1n) is 10.5. The number of halogens is 1. The normalized spacial score (nSPS) is 34.9. The monoisotopic (exact) mass is 403 g/mol. The zero-order valence-corrected chi connectivity index (χ0v) is 17.1. The van der Waals surface area contributed by atoms with Gasteiger partial charge in [-0.3, -0.25) is 14.5 Å². The van der Waals surface area contributed by atoms with Crippen molar-refractivity contribution in [1.29, 1.82) is 0 Å². The molecule has 29 heavy (non-hydrogen) atoms. The number of nitrogens with one attached hydrogen (secondary N) is 2. The van der Waals surface area contributed by atoms with Crippen molar-refractivity contribution in [2.45, 2.75) is 44.4 Å². The molecule has 1 aliphatic carbocycles. The van der Waals surface area contributed by atoms with Gasteiger partial charge in [0.15, 0.2) is 0 Å². The first-order chi connectivity index (χ1) is 13.9. The van der Waals surface area contributed by atoms with E-state index in [2.05, 4.69) is 22.5 Å². The number of likely N-dealkylation sites (tertiary alicyclic amines) is 1. The average Bonchev–Trinajstić information content (AvgIpc) is 2.71. The van der Waals surface area contributed by atoms with Crippen molar-refractivity contribution in [2.24, 2.45) is 17.8 Å². The third kappa shape index (κ3) is 4.37. The molecular weight excluding hydrogens is 373 g/mol. The van der Waals surface area contributed by atoms with Gasteiger partial charge in [0.05, 0.1) is 12.6 Å². The fourth-order valence-corrected chi connectivity index (χ4v) is 5.36. The molecule has 3 aliphatic rings. The molecule has 0 aromatic heterocycles. The number of piperidine rings is 2. The molecular formula is C22H30FN3O3. The standard InChI is InChI=1S/C22H30FN3O3/c1-13-9-16(29-2)10-17-21(13)25-19-7-8-26(11-18(19)22(17)28)12-20(27)24-15-5-3-14(23)4-6-15/h3-6,13,16-19,21,25H,7-12H2,1-2H3,(H,24,27). The quantitative estimate of drug-likeness (QED) is 0.805. The van der Waals surface area contributed by atoms with Gasteiger partial charge >= 0.3 is 0 Å². The lowest BCUT2D eigenvalue weighted by atomic mass is 9.66. The van der Waals surface area contributed by atoms with E-state index >= 15 is 0 Å². The third-order valence-electron chi connectivity index (χ3n) is 6.86. The number of carbonyl (C=O) groups is 2. The van der Waals surface area contributed by atoms with Gasteiger partial charge in [-0.1, -0.05) is 6.92 Å². The van der Waals surface area contributed by atoms with Crippen LogP contribution in [0.25, 0.3) is 0 Å². The number of carbonyl (C=O) groups excluding carboxylic acids is 2. The molecule has 2 saturated heterocycles. The van der Waals surface area contributed by atoms with Crippen molar-refractivity contribution in [3.8, 4) is 0 Å². The number of nitrogens with zero attached hydrogens (tertiary/aromatic N) is 1. The Labute approximate surface area is 171 Å². The van der Waals surface area contributed by atoms with Crippen LogP contribution in [0.15, 0.2) is 24.3 Å². The topological polar surface area (TPSA) is 70.7 Å². The number of benzene rings is 1. The molecule has 1 aromatic carbocycles.